The Morgan fingerprint density at radius 2 is 1.86 bits per heavy atom. The fourth-order valence-electron chi connectivity index (χ4n) is 1.84. The van der Waals surface area contributed by atoms with Crippen LogP contribution in [-0.4, -0.2) is 21.6 Å². The topological polar surface area (TPSA) is 54.9 Å². The van der Waals surface area contributed by atoms with E-state index in [2.05, 4.69) is 31.2 Å². The standard InChI is InChI=1S/C15H16BrN3OS/c1-9-6-12(16)4-5-13(9)19-14(20)8-21-15-17-10(2)7-11(3)18-15/h4-7H,8H2,1-3H3,(H,19,20). The Morgan fingerprint density at radius 1 is 1.19 bits per heavy atom. The molecule has 1 aromatic heterocycles. The number of nitrogens with one attached hydrogen (secondary N) is 1. The summed E-state index contributed by atoms with van der Waals surface area (Å²) >= 11 is 4.75. The van der Waals surface area contributed by atoms with E-state index in [1.165, 1.54) is 11.8 Å². The van der Waals surface area contributed by atoms with Crippen molar-refractivity contribution in [3.63, 3.8) is 0 Å². The number of carbonyl (C=O) groups is 1. The van der Waals surface area contributed by atoms with Crippen LogP contribution in [0.3, 0.4) is 0 Å². The average Bonchev–Trinajstić information content (AvgIpc) is 2.39. The Bertz CT molecular complexity index is 656. The molecule has 0 aliphatic rings. The van der Waals surface area contributed by atoms with Gasteiger partial charge in [0.15, 0.2) is 5.16 Å². The summed E-state index contributed by atoms with van der Waals surface area (Å²) in [4.78, 5) is 20.6. The highest BCUT2D eigenvalue weighted by molar-refractivity contribution is 9.10. The number of hydrogen-bond acceptors (Lipinski definition) is 4. The van der Waals surface area contributed by atoms with Gasteiger partial charge < -0.3 is 5.32 Å². The largest absolute Gasteiger partial charge is 0.325 e. The van der Waals surface area contributed by atoms with Crippen LogP contribution in [0.25, 0.3) is 0 Å². The maximum atomic E-state index is 12.0. The molecule has 21 heavy (non-hydrogen) atoms. The molecule has 0 spiro atoms. The zero-order valence-corrected chi connectivity index (χ0v) is 14.5. The second kappa shape index (κ2) is 7.04. The first kappa shape index (κ1) is 16.0. The Balaban J connectivity index is 1.95. The molecule has 0 aliphatic heterocycles. The number of aromatic nitrogens is 2. The Hall–Kier alpha value is -1.40. The molecule has 0 saturated heterocycles. The number of amides is 1. The van der Waals surface area contributed by atoms with Gasteiger partial charge in [-0.25, -0.2) is 9.97 Å². The van der Waals surface area contributed by atoms with E-state index in [4.69, 9.17) is 0 Å². The molecule has 110 valence electrons. The van der Waals surface area contributed by atoms with Gasteiger partial charge >= 0.3 is 0 Å². The molecule has 2 rings (SSSR count). The van der Waals surface area contributed by atoms with Gasteiger partial charge in [0.1, 0.15) is 0 Å². The van der Waals surface area contributed by atoms with E-state index in [0.29, 0.717) is 10.9 Å². The number of carbonyl (C=O) groups excluding carboxylic acids is 1. The van der Waals surface area contributed by atoms with Crippen molar-refractivity contribution in [2.75, 3.05) is 11.1 Å². The van der Waals surface area contributed by atoms with Crippen molar-refractivity contribution >= 4 is 39.3 Å². The zero-order chi connectivity index (χ0) is 15.4. The lowest BCUT2D eigenvalue weighted by molar-refractivity contribution is -0.113. The van der Waals surface area contributed by atoms with Crippen LogP contribution in [0.15, 0.2) is 33.9 Å². The Morgan fingerprint density at radius 3 is 2.48 bits per heavy atom. The minimum atomic E-state index is -0.0619. The van der Waals surface area contributed by atoms with Crippen LogP contribution in [0.5, 0.6) is 0 Å². The maximum Gasteiger partial charge on any atom is 0.234 e. The summed E-state index contributed by atoms with van der Waals surface area (Å²) in [6.45, 7) is 5.80. The number of halogens is 1. The molecule has 1 aromatic carbocycles. The van der Waals surface area contributed by atoms with E-state index < -0.39 is 0 Å². The molecule has 1 N–H and O–H groups in total. The van der Waals surface area contributed by atoms with Crippen LogP contribution in [0.2, 0.25) is 0 Å². The highest BCUT2D eigenvalue weighted by Gasteiger charge is 2.08. The summed E-state index contributed by atoms with van der Waals surface area (Å²) in [6.07, 6.45) is 0. The predicted octanol–water partition coefficient (Wildman–Crippen LogP) is 3.90. The summed E-state index contributed by atoms with van der Waals surface area (Å²) in [5.74, 6) is 0.228. The number of nitrogens with zero attached hydrogens (tertiary/aromatic N) is 2. The van der Waals surface area contributed by atoms with Gasteiger partial charge in [0.2, 0.25) is 5.91 Å². The van der Waals surface area contributed by atoms with E-state index in [9.17, 15) is 4.79 Å². The monoisotopic (exact) mass is 365 g/mol. The summed E-state index contributed by atoms with van der Waals surface area (Å²) < 4.78 is 0.996. The van der Waals surface area contributed by atoms with E-state index in [0.717, 1.165) is 27.1 Å². The molecule has 2 aromatic rings. The fourth-order valence-corrected chi connectivity index (χ4v) is 3.07. The quantitative estimate of drug-likeness (QED) is 0.659. The van der Waals surface area contributed by atoms with Gasteiger partial charge in [0.25, 0.3) is 0 Å². The van der Waals surface area contributed by atoms with Crippen LogP contribution in [0.1, 0.15) is 17.0 Å². The van der Waals surface area contributed by atoms with Crippen LogP contribution in [0.4, 0.5) is 5.69 Å². The van der Waals surface area contributed by atoms with Gasteiger partial charge in [-0.15, -0.1) is 0 Å². The molecular weight excluding hydrogens is 350 g/mol. The Labute approximate surface area is 136 Å². The summed E-state index contributed by atoms with van der Waals surface area (Å²) in [5.41, 5.74) is 3.67. The van der Waals surface area contributed by atoms with Gasteiger partial charge in [-0.1, -0.05) is 27.7 Å². The first-order chi connectivity index (χ1) is 9.94. The lowest BCUT2D eigenvalue weighted by Crippen LogP contribution is -2.15. The van der Waals surface area contributed by atoms with Crippen molar-refractivity contribution in [2.45, 2.75) is 25.9 Å². The van der Waals surface area contributed by atoms with Gasteiger partial charge in [0, 0.05) is 21.5 Å². The predicted molar refractivity (Wildman–Crippen MR) is 89.7 cm³/mol. The summed E-state index contributed by atoms with van der Waals surface area (Å²) in [7, 11) is 0. The van der Waals surface area contributed by atoms with Gasteiger partial charge in [-0.3, -0.25) is 4.79 Å². The molecule has 0 aliphatic carbocycles. The summed E-state index contributed by atoms with van der Waals surface area (Å²) in [5, 5.41) is 3.54. The van der Waals surface area contributed by atoms with Gasteiger partial charge in [-0.2, -0.15) is 0 Å². The van der Waals surface area contributed by atoms with Crippen molar-refractivity contribution in [1.29, 1.82) is 0 Å². The fraction of sp³-hybridized carbons (Fsp3) is 0.267. The van der Waals surface area contributed by atoms with Gasteiger partial charge in [-0.05, 0) is 50.6 Å². The highest BCUT2D eigenvalue weighted by Crippen LogP contribution is 2.21. The SMILES string of the molecule is Cc1cc(C)nc(SCC(=O)Nc2ccc(Br)cc2C)n1. The lowest BCUT2D eigenvalue weighted by Gasteiger charge is -2.08. The zero-order valence-electron chi connectivity index (χ0n) is 12.1. The smallest absolute Gasteiger partial charge is 0.234 e. The normalized spacial score (nSPS) is 10.5. The molecule has 0 atom stereocenters. The van der Waals surface area contributed by atoms with Crippen molar-refractivity contribution < 1.29 is 4.79 Å². The molecule has 1 amide bonds. The van der Waals surface area contributed by atoms with E-state index in [1.807, 2.05) is 45.0 Å². The minimum Gasteiger partial charge on any atom is -0.325 e. The third-order valence-electron chi connectivity index (χ3n) is 2.76. The van der Waals surface area contributed by atoms with Crippen LogP contribution >= 0.6 is 27.7 Å². The third kappa shape index (κ3) is 4.82. The van der Waals surface area contributed by atoms with Crippen LogP contribution in [-0.2, 0) is 4.79 Å². The lowest BCUT2D eigenvalue weighted by atomic mass is 10.2. The van der Waals surface area contributed by atoms with Crippen molar-refractivity contribution in [1.82, 2.24) is 9.97 Å². The first-order valence-corrected chi connectivity index (χ1v) is 8.23. The van der Waals surface area contributed by atoms with E-state index >= 15 is 0 Å². The van der Waals surface area contributed by atoms with Crippen molar-refractivity contribution in [2.24, 2.45) is 0 Å². The van der Waals surface area contributed by atoms with Gasteiger partial charge in [0.05, 0.1) is 5.75 Å². The number of thioether (sulfide) groups is 1. The molecule has 6 heteroatoms. The second-order valence-electron chi connectivity index (χ2n) is 4.73. The molecule has 0 radical (unpaired) electrons. The molecule has 0 unspecified atom stereocenters. The first-order valence-electron chi connectivity index (χ1n) is 6.45. The summed E-state index contributed by atoms with van der Waals surface area (Å²) in [6, 6.07) is 7.67. The van der Waals surface area contributed by atoms with Crippen LogP contribution < -0.4 is 5.32 Å². The third-order valence-corrected chi connectivity index (χ3v) is 4.10. The van der Waals surface area contributed by atoms with E-state index in [-0.39, 0.29) is 5.91 Å². The molecule has 1 heterocycles. The molecule has 4 nitrogen and oxygen atoms in total. The second-order valence-corrected chi connectivity index (χ2v) is 6.59. The number of benzene rings is 1. The molecular formula is C15H16BrN3OS. The number of rotatable bonds is 4. The molecule has 0 fully saturated rings. The maximum absolute atomic E-state index is 12.0. The molecule has 0 saturated carbocycles. The number of hydrogen-bond donors (Lipinski definition) is 1. The highest BCUT2D eigenvalue weighted by atomic mass is 79.9. The van der Waals surface area contributed by atoms with Crippen molar-refractivity contribution in [3.05, 3.63) is 45.7 Å². The average molecular weight is 366 g/mol. The van der Waals surface area contributed by atoms with E-state index in [1.54, 1.807) is 0 Å². The molecule has 0 bridgehead atoms. The number of anilines is 1. The minimum absolute atomic E-state index is 0.0619. The van der Waals surface area contributed by atoms with Crippen LogP contribution in [0, 0.1) is 20.8 Å². The van der Waals surface area contributed by atoms with Crippen molar-refractivity contribution in [3.8, 4) is 0 Å². The number of aryl methyl sites for hydroxylation is 3. The Kier molecular flexibility index (Phi) is 5.36.